The summed E-state index contributed by atoms with van der Waals surface area (Å²) in [5, 5.41) is 8.75. The first-order valence-corrected chi connectivity index (χ1v) is 8.40. The summed E-state index contributed by atoms with van der Waals surface area (Å²) in [6, 6.07) is 5.75. The second kappa shape index (κ2) is 7.43. The zero-order valence-corrected chi connectivity index (χ0v) is 13.7. The molecule has 2 heterocycles. The van der Waals surface area contributed by atoms with E-state index in [0.717, 1.165) is 40.7 Å². The summed E-state index contributed by atoms with van der Waals surface area (Å²) >= 11 is 1.52. The fourth-order valence-corrected chi connectivity index (χ4v) is 3.09. The molecule has 1 aromatic carbocycles. The maximum atomic E-state index is 11.9. The molecule has 0 radical (unpaired) electrons. The van der Waals surface area contributed by atoms with Crippen molar-refractivity contribution in [3.63, 3.8) is 0 Å². The molecule has 0 bridgehead atoms. The number of thiazole rings is 1. The highest BCUT2D eigenvalue weighted by Gasteiger charge is 2.15. The van der Waals surface area contributed by atoms with Gasteiger partial charge < -0.3 is 20.1 Å². The SMILES string of the molecule is CNCCCNC(=O)Cc1csc(-c2ccc3c(c2)OCO3)n1. The first-order valence-electron chi connectivity index (χ1n) is 7.52. The highest BCUT2D eigenvalue weighted by atomic mass is 32.1. The number of nitrogens with one attached hydrogen (secondary N) is 2. The lowest BCUT2D eigenvalue weighted by Crippen LogP contribution is -2.28. The maximum absolute atomic E-state index is 11.9. The Morgan fingerprint density at radius 2 is 2.17 bits per heavy atom. The van der Waals surface area contributed by atoms with E-state index in [1.54, 1.807) is 0 Å². The van der Waals surface area contributed by atoms with Crippen molar-refractivity contribution in [3.8, 4) is 22.1 Å². The Bertz CT molecular complexity index is 687. The van der Waals surface area contributed by atoms with E-state index in [9.17, 15) is 4.79 Å². The molecule has 6 nitrogen and oxygen atoms in total. The second-order valence-electron chi connectivity index (χ2n) is 5.20. The average Bonchev–Trinajstić information content (AvgIpc) is 3.19. The third-order valence-electron chi connectivity index (χ3n) is 3.44. The van der Waals surface area contributed by atoms with Crippen LogP contribution in [0.2, 0.25) is 0 Å². The first-order chi connectivity index (χ1) is 11.3. The summed E-state index contributed by atoms with van der Waals surface area (Å²) < 4.78 is 10.7. The molecule has 2 aromatic rings. The third-order valence-corrected chi connectivity index (χ3v) is 4.38. The minimum Gasteiger partial charge on any atom is -0.454 e. The van der Waals surface area contributed by atoms with Crippen LogP contribution in [0.1, 0.15) is 12.1 Å². The van der Waals surface area contributed by atoms with E-state index >= 15 is 0 Å². The number of nitrogens with zero attached hydrogens (tertiary/aromatic N) is 1. The second-order valence-corrected chi connectivity index (χ2v) is 6.05. The van der Waals surface area contributed by atoms with Gasteiger partial charge in [0.05, 0.1) is 12.1 Å². The average molecular weight is 333 g/mol. The van der Waals surface area contributed by atoms with Crippen LogP contribution in [-0.4, -0.2) is 37.8 Å². The van der Waals surface area contributed by atoms with Gasteiger partial charge >= 0.3 is 0 Å². The molecule has 0 fully saturated rings. The number of benzene rings is 1. The molecule has 1 aliphatic heterocycles. The molecule has 0 saturated carbocycles. The normalized spacial score (nSPS) is 12.4. The van der Waals surface area contributed by atoms with Gasteiger partial charge in [0.15, 0.2) is 11.5 Å². The predicted molar refractivity (Wildman–Crippen MR) is 88.9 cm³/mol. The molecule has 2 N–H and O–H groups in total. The minimum absolute atomic E-state index is 0.00337. The zero-order valence-electron chi connectivity index (χ0n) is 12.9. The molecular weight excluding hydrogens is 314 g/mol. The molecule has 23 heavy (non-hydrogen) atoms. The molecule has 0 unspecified atom stereocenters. The van der Waals surface area contributed by atoms with Crippen LogP contribution in [-0.2, 0) is 11.2 Å². The lowest BCUT2D eigenvalue weighted by atomic mass is 10.2. The largest absolute Gasteiger partial charge is 0.454 e. The summed E-state index contributed by atoms with van der Waals surface area (Å²) in [6.45, 7) is 1.83. The monoisotopic (exact) mass is 333 g/mol. The van der Waals surface area contributed by atoms with E-state index in [-0.39, 0.29) is 12.7 Å². The van der Waals surface area contributed by atoms with Crippen molar-refractivity contribution < 1.29 is 14.3 Å². The van der Waals surface area contributed by atoms with Crippen LogP contribution in [0.3, 0.4) is 0 Å². The Labute approximate surface area is 138 Å². The number of carbonyl (C=O) groups excluding carboxylic acids is 1. The smallest absolute Gasteiger partial charge is 0.231 e. The van der Waals surface area contributed by atoms with Crippen LogP contribution in [0.15, 0.2) is 23.6 Å². The van der Waals surface area contributed by atoms with Gasteiger partial charge in [-0.15, -0.1) is 11.3 Å². The molecule has 1 amide bonds. The Morgan fingerprint density at radius 1 is 1.30 bits per heavy atom. The number of ether oxygens (including phenoxy) is 2. The number of fused-ring (bicyclic) bond motifs is 1. The number of amides is 1. The van der Waals surface area contributed by atoms with Gasteiger partial charge in [0.25, 0.3) is 0 Å². The van der Waals surface area contributed by atoms with E-state index in [4.69, 9.17) is 9.47 Å². The topological polar surface area (TPSA) is 72.5 Å². The molecule has 0 spiro atoms. The summed E-state index contributed by atoms with van der Waals surface area (Å²) in [5.41, 5.74) is 1.76. The van der Waals surface area contributed by atoms with Crippen molar-refractivity contribution in [3.05, 3.63) is 29.3 Å². The van der Waals surface area contributed by atoms with Gasteiger partial charge in [-0.05, 0) is 38.2 Å². The number of hydrogen-bond donors (Lipinski definition) is 2. The fraction of sp³-hybridized carbons (Fsp3) is 0.375. The van der Waals surface area contributed by atoms with Crippen LogP contribution in [0.4, 0.5) is 0 Å². The number of carbonyl (C=O) groups is 1. The number of rotatable bonds is 7. The Balaban J connectivity index is 1.58. The molecule has 0 aliphatic carbocycles. The van der Waals surface area contributed by atoms with Crippen LogP contribution >= 0.6 is 11.3 Å². The van der Waals surface area contributed by atoms with Crippen molar-refractivity contribution in [1.29, 1.82) is 0 Å². The summed E-state index contributed by atoms with van der Waals surface area (Å²) in [4.78, 5) is 16.4. The van der Waals surface area contributed by atoms with E-state index < -0.39 is 0 Å². The Hall–Kier alpha value is -2.12. The van der Waals surface area contributed by atoms with Crippen molar-refractivity contribution in [2.45, 2.75) is 12.8 Å². The predicted octanol–water partition coefficient (Wildman–Crippen LogP) is 1.81. The van der Waals surface area contributed by atoms with Gasteiger partial charge in [0.1, 0.15) is 5.01 Å². The first kappa shape index (κ1) is 15.8. The van der Waals surface area contributed by atoms with E-state index in [2.05, 4.69) is 15.6 Å². The van der Waals surface area contributed by atoms with Crippen LogP contribution in [0.5, 0.6) is 11.5 Å². The lowest BCUT2D eigenvalue weighted by Gasteiger charge is -2.03. The minimum atomic E-state index is 0.00337. The summed E-state index contributed by atoms with van der Waals surface area (Å²) in [6.07, 6.45) is 1.22. The molecule has 3 rings (SSSR count). The Kier molecular flexibility index (Phi) is 5.09. The van der Waals surface area contributed by atoms with E-state index in [1.165, 1.54) is 11.3 Å². The van der Waals surface area contributed by atoms with Gasteiger partial charge in [-0.1, -0.05) is 0 Å². The van der Waals surface area contributed by atoms with Gasteiger partial charge in [-0.25, -0.2) is 4.98 Å². The molecular formula is C16H19N3O3S. The number of hydrogen-bond acceptors (Lipinski definition) is 6. The zero-order chi connectivity index (χ0) is 16.1. The summed E-state index contributed by atoms with van der Waals surface area (Å²) in [5.74, 6) is 1.50. The summed E-state index contributed by atoms with van der Waals surface area (Å²) in [7, 11) is 1.90. The van der Waals surface area contributed by atoms with Crippen molar-refractivity contribution >= 4 is 17.2 Å². The molecule has 7 heteroatoms. The molecule has 122 valence electrons. The van der Waals surface area contributed by atoms with E-state index in [1.807, 2.05) is 30.6 Å². The quantitative estimate of drug-likeness (QED) is 0.756. The maximum Gasteiger partial charge on any atom is 0.231 e. The molecule has 0 saturated heterocycles. The highest BCUT2D eigenvalue weighted by molar-refractivity contribution is 7.13. The van der Waals surface area contributed by atoms with Crippen LogP contribution in [0, 0.1) is 0 Å². The van der Waals surface area contributed by atoms with Gasteiger partial charge in [-0.3, -0.25) is 4.79 Å². The van der Waals surface area contributed by atoms with Crippen molar-refractivity contribution in [2.24, 2.45) is 0 Å². The van der Waals surface area contributed by atoms with Gasteiger partial charge in [-0.2, -0.15) is 0 Å². The fourth-order valence-electron chi connectivity index (χ4n) is 2.27. The van der Waals surface area contributed by atoms with Crippen molar-refractivity contribution in [1.82, 2.24) is 15.6 Å². The molecule has 1 aromatic heterocycles. The van der Waals surface area contributed by atoms with Gasteiger partial charge in [0.2, 0.25) is 12.7 Å². The lowest BCUT2D eigenvalue weighted by molar-refractivity contribution is -0.120. The van der Waals surface area contributed by atoms with Gasteiger partial charge in [0, 0.05) is 17.5 Å². The number of aromatic nitrogens is 1. The van der Waals surface area contributed by atoms with Crippen LogP contribution < -0.4 is 20.1 Å². The third kappa shape index (κ3) is 4.00. The van der Waals surface area contributed by atoms with E-state index in [0.29, 0.717) is 13.0 Å². The molecule has 0 atom stereocenters. The standard InChI is InChI=1S/C16H19N3O3S/c1-17-5-2-6-18-15(20)8-12-9-23-16(19-12)11-3-4-13-14(7-11)22-10-21-13/h3-4,7,9,17H,2,5-6,8,10H2,1H3,(H,18,20). The molecule has 1 aliphatic rings. The Morgan fingerprint density at radius 3 is 3.04 bits per heavy atom. The highest BCUT2D eigenvalue weighted by Crippen LogP contribution is 2.36. The van der Waals surface area contributed by atoms with Crippen LogP contribution in [0.25, 0.3) is 10.6 Å². The van der Waals surface area contributed by atoms with Crippen molar-refractivity contribution in [2.75, 3.05) is 26.9 Å².